The van der Waals surface area contributed by atoms with Crippen molar-refractivity contribution in [3.63, 3.8) is 0 Å². The predicted octanol–water partition coefficient (Wildman–Crippen LogP) is 0.130. The molecule has 0 bridgehead atoms. The number of benzene rings is 1. The van der Waals surface area contributed by atoms with Gasteiger partial charge in [-0.15, -0.1) is 0 Å². The lowest BCUT2D eigenvalue weighted by atomic mass is 9.90. The molecule has 21 heavy (non-hydrogen) atoms. The monoisotopic (exact) mass is 315 g/mol. The summed E-state index contributed by atoms with van der Waals surface area (Å²) in [6.45, 7) is 1.02. The van der Waals surface area contributed by atoms with Gasteiger partial charge in [0.05, 0.1) is 28.4 Å². The first-order valence-electron chi connectivity index (χ1n) is 6.72. The first-order chi connectivity index (χ1) is 9.92. The second-order valence-electron chi connectivity index (χ2n) is 5.13. The van der Waals surface area contributed by atoms with E-state index >= 15 is 0 Å². The standard InChI is InChI=1S/C13H21N3O4S/c1-15-21(18,19)10-2-3-11(14)12(8-10)16-13(9-17)4-6-20-7-5-13/h2-3,8,15-17H,4-7,9,14H2,1H3. The lowest BCUT2D eigenvalue weighted by Crippen LogP contribution is -2.47. The fourth-order valence-electron chi connectivity index (χ4n) is 2.30. The SMILES string of the molecule is CNS(=O)(=O)c1ccc(N)c(NC2(CO)CCOCC2)c1. The maximum Gasteiger partial charge on any atom is 0.240 e. The Morgan fingerprint density at radius 3 is 2.62 bits per heavy atom. The Bertz CT molecular complexity index is 597. The van der Waals surface area contributed by atoms with Crippen LogP contribution in [-0.4, -0.2) is 45.9 Å². The van der Waals surface area contributed by atoms with Gasteiger partial charge in [0, 0.05) is 13.2 Å². The van der Waals surface area contributed by atoms with Crippen molar-refractivity contribution in [2.75, 3.05) is 37.9 Å². The minimum Gasteiger partial charge on any atom is -0.397 e. The van der Waals surface area contributed by atoms with E-state index in [0.717, 1.165) is 0 Å². The number of anilines is 2. The van der Waals surface area contributed by atoms with E-state index in [4.69, 9.17) is 10.5 Å². The van der Waals surface area contributed by atoms with Crippen molar-refractivity contribution in [3.05, 3.63) is 18.2 Å². The molecule has 2 rings (SSSR count). The number of nitrogen functional groups attached to an aromatic ring is 1. The summed E-state index contributed by atoms with van der Waals surface area (Å²) in [4.78, 5) is 0.127. The highest BCUT2D eigenvalue weighted by Gasteiger charge is 2.32. The van der Waals surface area contributed by atoms with Gasteiger partial charge in [0.15, 0.2) is 0 Å². The van der Waals surface area contributed by atoms with Crippen LogP contribution in [-0.2, 0) is 14.8 Å². The Hall–Kier alpha value is -1.35. The minimum absolute atomic E-state index is 0.0706. The van der Waals surface area contributed by atoms with Crippen LogP contribution < -0.4 is 15.8 Å². The second-order valence-corrected chi connectivity index (χ2v) is 7.02. The molecule has 0 unspecified atom stereocenters. The molecule has 1 saturated heterocycles. The third-order valence-electron chi connectivity index (χ3n) is 3.76. The fourth-order valence-corrected chi connectivity index (χ4v) is 3.06. The van der Waals surface area contributed by atoms with E-state index in [-0.39, 0.29) is 11.5 Å². The third kappa shape index (κ3) is 3.46. The molecule has 0 spiro atoms. The summed E-state index contributed by atoms with van der Waals surface area (Å²) in [7, 11) is -2.18. The lowest BCUT2D eigenvalue weighted by Gasteiger charge is -2.37. The van der Waals surface area contributed by atoms with Crippen molar-refractivity contribution in [2.24, 2.45) is 0 Å². The summed E-state index contributed by atoms with van der Waals surface area (Å²) >= 11 is 0. The molecule has 0 saturated carbocycles. The summed E-state index contributed by atoms with van der Waals surface area (Å²) in [6.07, 6.45) is 1.26. The normalized spacial score (nSPS) is 18.4. The van der Waals surface area contributed by atoms with Crippen LogP contribution in [0.3, 0.4) is 0 Å². The van der Waals surface area contributed by atoms with Gasteiger partial charge in [0.25, 0.3) is 0 Å². The van der Waals surface area contributed by atoms with Gasteiger partial charge >= 0.3 is 0 Å². The zero-order valence-corrected chi connectivity index (χ0v) is 12.7. The van der Waals surface area contributed by atoms with E-state index in [9.17, 15) is 13.5 Å². The van der Waals surface area contributed by atoms with Crippen LogP contribution in [0.5, 0.6) is 0 Å². The molecule has 0 radical (unpaired) electrons. The van der Waals surface area contributed by atoms with Crippen molar-refractivity contribution >= 4 is 21.4 Å². The molecule has 1 fully saturated rings. The quantitative estimate of drug-likeness (QED) is 0.574. The summed E-state index contributed by atoms with van der Waals surface area (Å²) in [5.41, 5.74) is 6.32. The second kappa shape index (κ2) is 6.18. The van der Waals surface area contributed by atoms with Gasteiger partial charge in [-0.1, -0.05) is 0 Å². The molecule has 0 amide bonds. The molecule has 1 aromatic rings. The highest BCUT2D eigenvalue weighted by molar-refractivity contribution is 7.89. The summed E-state index contributed by atoms with van der Waals surface area (Å²) in [5, 5.41) is 12.9. The van der Waals surface area contributed by atoms with Gasteiger partial charge in [-0.05, 0) is 38.1 Å². The van der Waals surface area contributed by atoms with Gasteiger partial charge in [-0.3, -0.25) is 0 Å². The number of nitrogens with one attached hydrogen (secondary N) is 2. The smallest absolute Gasteiger partial charge is 0.240 e. The molecule has 0 atom stereocenters. The molecular weight excluding hydrogens is 294 g/mol. The molecule has 1 aliphatic rings. The maximum atomic E-state index is 11.9. The highest BCUT2D eigenvalue weighted by atomic mass is 32.2. The average molecular weight is 315 g/mol. The average Bonchev–Trinajstić information content (AvgIpc) is 2.50. The number of aliphatic hydroxyl groups excluding tert-OH is 1. The zero-order chi connectivity index (χ0) is 15.5. The topological polar surface area (TPSA) is 114 Å². The Morgan fingerprint density at radius 2 is 2.05 bits per heavy atom. The molecule has 1 heterocycles. The van der Waals surface area contributed by atoms with E-state index in [1.807, 2.05) is 0 Å². The third-order valence-corrected chi connectivity index (χ3v) is 5.17. The largest absolute Gasteiger partial charge is 0.397 e. The van der Waals surface area contributed by atoms with Crippen LogP contribution in [0.4, 0.5) is 11.4 Å². The Morgan fingerprint density at radius 1 is 1.38 bits per heavy atom. The van der Waals surface area contributed by atoms with Crippen LogP contribution >= 0.6 is 0 Å². The van der Waals surface area contributed by atoms with Gasteiger partial charge in [-0.25, -0.2) is 13.1 Å². The summed E-state index contributed by atoms with van der Waals surface area (Å²) in [5.74, 6) is 0. The Balaban J connectivity index is 2.33. The van der Waals surface area contributed by atoms with E-state index < -0.39 is 15.6 Å². The Kier molecular flexibility index (Phi) is 4.72. The number of sulfonamides is 1. The van der Waals surface area contributed by atoms with Crippen molar-refractivity contribution in [1.29, 1.82) is 0 Å². The van der Waals surface area contributed by atoms with E-state index in [1.165, 1.54) is 25.2 Å². The van der Waals surface area contributed by atoms with Crippen LogP contribution in [0.25, 0.3) is 0 Å². The summed E-state index contributed by atoms with van der Waals surface area (Å²) < 4.78 is 31.3. The molecule has 118 valence electrons. The van der Waals surface area contributed by atoms with Crippen LogP contribution in [0.2, 0.25) is 0 Å². The number of aliphatic hydroxyl groups is 1. The number of ether oxygens (including phenoxy) is 1. The molecule has 0 aromatic heterocycles. The molecule has 5 N–H and O–H groups in total. The zero-order valence-electron chi connectivity index (χ0n) is 11.9. The van der Waals surface area contributed by atoms with Gasteiger partial charge in [0.2, 0.25) is 10.0 Å². The van der Waals surface area contributed by atoms with Gasteiger partial charge < -0.3 is 20.9 Å². The first-order valence-corrected chi connectivity index (χ1v) is 8.21. The minimum atomic E-state index is -3.54. The molecule has 1 aromatic carbocycles. The van der Waals surface area contributed by atoms with Crippen LogP contribution in [0.1, 0.15) is 12.8 Å². The van der Waals surface area contributed by atoms with Crippen molar-refractivity contribution < 1.29 is 18.3 Å². The van der Waals surface area contributed by atoms with Gasteiger partial charge in [-0.2, -0.15) is 0 Å². The summed E-state index contributed by atoms with van der Waals surface area (Å²) in [6, 6.07) is 4.47. The van der Waals surface area contributed by atoms with Crippen molar-refractivity contribution in [3.8, 4) is 0 Å². The highest BCUT2D eigenvalue weighted by Crippen LogP contribution is 2.30. The predicted molar refractivity (Wildman–Crippen MR) is 80.6 cm³/mol. The molecule has 7 nitrogen and oxygen atoms in total. The van der Waals surface area contributed by atoms with Crippen molar-refractivity contribution in [1.82, 2.24) is 4.72 Å². The lowest BCUT2D eigenvalue weighted by molar-refractivity contribution is 0.0380. The van der Waals surface area contributed by atoms with Gasteiger partial charge in [0.1, 0.15) is 0 Å². The first kappa shape index (κ1) is 16.0. The molecule has 0 aliphatic carbocycles. The van der Waals surface area contributed by atoms with Crippen LogP contribution in [0, 0.1) is 0 Å². The number of hydrogen-bond acceptors (Lipinski definition) is 6. The van der Waals surface area contributed by atoms with Crippen LogP contribution in [0.15, 0.2) is 23.1 Å². The fraction of sp³-hybridized carbons (Fsp3) is 0.538. The maximum absolute atomic E-state index is 11.9. The van der Waals surface area contributed by atoms with Crippen molar-refractivity contribution in [2.45, 2.75) is 23.3 Å². The molecule has 1 aliphatic heterocycles. The number of hydrogen-bond donors (Lipinski definition) is 4. The number of rotatable bonds is 5. The molecular formula is C13H21N3O4S. The Labute approximate surface area is 124 Å². The van der Waals surface area contributed by atoms with E-state index in [0.29, 0.717) is 37.4 Å². The van der Waals surface area contributed by atoms with E-state index in [2.05, 4.69) is 10.0 Å². The number of nitrogens with two attached hydrogens (primary N) is 1. The van der Waals surface area contributed by atoms with E-state index in [1.54, 1.807) is 0 Å². The molecule has 8 heteroatoms.